The van der Waals surface area contributed by atoms with Crippen molar-refractivity contribution < 1.29 is 27.4 Å². The summed E-state index contributed by atoms with van der Waals surface area (Å²) in [7, 11) is -3.94. The Kier molecular flexibility index (Phi) is 5.14. The Labute approximate surface area is 149 Å². The van der Waals surface area contributed by atoms with Gasteiger partial charge in [-0.1, -0.05) is 17.7 Å². The second-order valence-corrected chi connectivity index (χ2v) is 7.52. The summed E-state index contributed by atoms with van der Waals surface area (Å²) in [6.07, 6.45) is -1.10. The first-order chi connectivity index (χ1) is 11.9. The summed E-state index contributed by atoms with van der Waals surface area (Å²) >= 11 is 5.60. The zero-order valence-electron chi connectivity index (χ0n) is 12.9. The quantitative estimate of drug-likeness (QED) is 0.822. The van der Waals surface area contributed by atoms with Crippen LogP contribution in [0.15, 0.2) is 41.3 Å². The normalized spacial score (nSPS) is 15.0. The van der Waals surface area contributed by atoms with Gasteiger partial charge in [0.15, 0.2) is 11.5 Å². The van der Waals surface area contributed by atoms with Crippen molar-refractivity contribution in [2.24, 2.45) is 0 Å². The molecule has 0 saturated carbocycles. The first-order valence-electron chi connectivity index (χ1n) is 7.39. The molecule has 0 spiro atoms. The number of nitrogens with one attached hydrogen (secondary N) is 1. The van der Waals surface area contributed by atoms with E-state index in [2.05, 4.69) is 4.72 Å². The summed E-state index contributed by atoms with van der Waals surface area (Å²) < 4.78 is 50.7. The van der Waals surface area contributed by atoms with Gasteiger partial charge < -0.3 is 14.6 Å². The molecular formula is C16H15ClFNO5S. The van der Waals surface area contributed by atoms with Crippen molar-refractivity contribution in [3.05, 3.63) is 52.8 Å². The third-order valence-corrected chi connectivity index (χ3v) is 5.33. The lowest BCUT2D eigenvalue weighted by Crippen LogP contribution is -2.28. The van der Waals surface area contributed by atoms with Crippen LogP contribution in [0.2, 0.25) is 5.02 Å². The van der Waals surface area contributed by atoms with Gasteiger partial charge in [0.25, 0.3) is 0 Å². The smallest absolute Gasteiger partial charge is 0.240 e. The summed E-state index contributed by atoms with van der Waals surface area (Å²) in [4.78, 5) is -0.187. The minimum Gasteiger partial charge on any atom is -0.486 e. The number of benzene rings is 2. The molecule has 2 aromatic carbocycles. The van der Waals surface area contributed by atoms with Crippen LogP contribution >= 0.6 is 11.6 Å². The number of hydrogen-bond donors (Lipinski definition) is 2. The number of fused-ring (bicyclic) bond motifs is 1. The third kappa shape index (κ3) is 4.04. The van der Waals surface area contributed by atoms with E-state index in [-0.39, 0.29) is 16.5 Å². The van der Waals surface area contributed by atoms with Crippen LogP contribution in [0.3, 0.4) is 0 Å². The van der Waals surface area contributed by atoms with Crippen molar-refractivity contribution in [3.8, 4) is 11.5 Å². The van der Waals surface area contributed by atoms with Crippen LogP contribution in [0.25, 0.3) is 0 Å². The summed E-state index contributed by atoms with van der Waals surface area (Å²) in [5, 5.41) is 9.93. The summed E-state index contributed by atoms with van der Waals surface area (Å²) in [5.74, 6) is 0.358. The molecule has 0 amide bonds. The SMILES string of the molecule is O=S(=O)(NCC(O)c1ccc2c(c1)OCCO2)c1ccc(F)c(Cl)c1. The maximum atomic E-state index is 13.2. The highest BCUT2D eigenvalue weighted by Crippen LogP contribution is 2.32. The Morgan fingerprint density at radius 2 is 1.88 bits per heavy atom. The topological polar surface area (TPSA) is 84.9 Å². The maximum absolute atomic E-state index is 13.2. The molecule has 9 heteroatoms. The molecule has 2 N–H and O–H groups in total. The number of aliphatic hydroxyl groups is 1. The molecule has 0 bridgehead atoms. The van der Waals surface area contributed by atoms with Crippen molar-refractivity contribution in [1.29, 1.82) is 0 Å². The van der Waals surface area contributed by atoms with E-state index in [1.165, 1.54) is 0 Å². The van der Waals surface area contributed by atoms with Gasteiger partial charge >= 0.3 is 0 Å². The van der Waals surface area contributed by atoms with E-state index in [4.69, 9.17) is 21.1 Å². The first-order valence-corrected chi connectivity index (χ1v) is 9.25. The molecule has 0 saturated heterocycles. The van der Waals surface area contributed by atoms with Gasteiger partial charge in [0.1, 0.15) is 19.0 Å². The molecule has 1 heterocycles. The van der Waals surface area contributed by atoms with Gasteiger partial charge in [0.05, 0.1) is 16.0 Å². The lowest BCUT2D eigenvalue weighted by molar-refractivity contribution is 0.165. The van der Waals surface area contributed by atoms with Crippen LogP contribution in [-0.2, 0) is 10.0 Å². The summed E-state index contributed by atoms with van der Waals surface area (Å²) in [6.45, 7) is 0.594. The van der Waals surface area contributed by atoms with E-state index in [0.29, 0.717) is 30.3 Å². The van der Waals surface area contributed by atoms with Gasteiger partial charge in [0, 0.05) is 6.54 Å². The van der Waals surface area contributed by atoms with E-state index in [1.54, 1.807) is 18.2 Å². The minimum absolute atomic E-state index is 0.187. The molecular weight excluding hydrogens is 373 g/mol. The highest BCUT2D eigenvalue weighted by Gasteiger charge is 2.20. The first kappa shape index (κ1) is 17.9. The van der Waals surface area contributed by atoms with Gasteiger partial charge in [-0.05, 0) is 35.9 Å². The Hall–Kier alpha value is -1.87. The average Bonchev–Trinajstić information content (AvgIpc) is 2.61. The predicted molar refractivity (Wildman–Crippen MR) is 89.0 cm³/mol. The van der Waals surface area contributed by atoms with Gasteiger partial charge in [-0.3, -0.25) is 0 Å². The Bertz CT molecular complexity index is 890. The molecule has 3 rings (SSSR count). The van der Waals surface area contributed by atoms with E-state index in [1.807, 2.05) is 0 Å². The van der Waals surface area contributed by atoms with Crippen LogP contribution < -0.4 is 14.2 Å². The van der Waals surface area contributed by atoms with Crippen molar-refractivity contribution in [2.75, 3.05) is 19.8 Å². The molecule has 1 aliphatic heterocycles. The van der Waals surface area contributed by atoms with Crippen LogP contribution in [0, 0.1) is 5.82 Å². The van der Waals surface area contributed by atoms with Crippen LogP contribution in [0.5, 0.6) is 11.5 Å². The van der Waals surface area contributed by atoms with Crippen molar-refractivity contribution in [2.45, 2.75) is 11.0 Å². The molecule has 6 nitrogen and oxygen atoms in total. The molecule has 25 heavy (non-hydrogen) atoms. The lowest BCUT2D eigenvalue weighted by Gasteiger charge is -2.20. The van der Waals surface area contributed by atoms with Crippen molar-refractivity contribution in [3.63, 3.8) is 0 Å². The number of ether oxygens (including phenoxy) is 2. The summed E-state index contributed by atoms with van der Waals surface area (Å²) in [6, 6.07) is 7.95. The van der Waals surface area contributed by atoms with Gasteiger partial charge in [-0.25, -0.2) is 17.5 Å². The zero-order chi connectivity index (χ0) is 18.0. The maximum Gasteiger partial charge on any atom is 0.240 e. The number of halogens is 2. The zero-order valence-corrected chi connectivity index (χ0v) is 14.5. The van der Waals surface area contributed by atoms with E-state index in [0.717, 1.165) is 18.2 Å². The Morgan fingerprint density at radius 3 is 2.60 bits per heavy atom. The van der Waals surface area contributed by atoms with Crippen molar-refractivity contribution in [1.82, 2.24) is 4.72 Å². The largest absolute Gasteiger partial charge is 0.486 e. The molecule has 2 aromatic rings. The van der Waals surface area contributed by atoms with Crippen LogP contribution in [0.4, 0.5) is 4.39 Å². The number of sulfonamides is 1. The lowest BCUT2D eigenvalue weighted by atomic mass is 10.1. The third-order valence-electron chi connectivity index (χ3n) is 3.62. The molecule has 134 valence electrons. The van der Waals surface area contributed by atoms with E-state index in [9.17, 15) is 17.9 Å². The Morgan fingerprint density at radius 1 is 1.16 bits per heavy atom. The second kappa shape index (κ2) is 7.17. The molecule has 1 atom stereocenters. The highest BCUT2D eigenvalue weighted by molar-refractivity contribution is 7.89. The number of hydrogen-bond acceptors (Lipinski definition) is 5. The number of rotatable bonds is 5. The Balaban J connectivity index is 1.70. The minimum atomic E-state index is -3.94. The summed E-state index contributed by atoms with van der Waals surface area (Å²) in [5.41, 5.74) is 0.476. The fourth-order valence-electron chi connectivity index (χ4n) is 2.30. The van der Waals surface area contributed by atoms with Crippen LogP contribution in [-0.4, -0.2) is 33.3 Å². The fraction of sp³-hybridized carbons (Fsp3) is 0.250. The van der Waals surface area contributed by atoms with Gasteiger partial charge in [0.2, 0.25) is 10.0 Å². The highest BCUT2D eigenvalue weighted by atomic mass is 35.5. The standard InChI is InChI=1S/C16H15ClFNO5S/c17-12-8-11(2-3-13(12)18)25(21,22)19-9-14(20)10-1-4-15-16(7-10)24-6-5-23-15/h1-4,7-8,14,19-20H,5-6,9H2. The second-order valence-electron chi connectivity index (χ2n) is 5.35. The molecule has 0 aliphatic carbocycles. The molecule has 0 radical (unpaired) electrons. The molecule has 0 fully saturated rings. The molecule has 1 aliphatic rings. The molecule has 1 unspecified atom stereocenters. The van der Waals surface area contributed by atoms with Gasteiger partial charge in [-0.2, -0.15) is 0 Å². The predicted octanol–water partition coefficient (Wildman–Crippen LogP) is 2.26. The van der Waals surface area contributed by atoms with Crippen molar-refractivity contribution >= 4 is 21.6 Å². The van der Waals surface area contributed by atoms with Crippen LogP contribution in [0.1, 0.15) is 11.7 Å². The monoisotopic (exact) mass is 387 g/mol. The van der Waals surface area contributed by atoms with Gasteiger partial charge in [-0.15, -0.1) is 0 Å². The fourth-order valence-corrected chi connectivity index (χ4v) is 3.61. The number of aliphatic hydroxyl groups excluding tert-OH is 1. The molecule has 0 aromatic heterocycles. The average molecular weight is 388 g/mol. The van der Waals surface area contributed by atoms with E-state index < -0.39 is 21.9 Å². The van der Waals surface area contributed by atoms with E-state index >= 15 is 0 Å².